The molecule has 1 aromatic carbocycles. The number of aryl methyl sites for hydroxylation is 2. The number of anilines is 1. The molecule has 0 spiro atoms. The van der Waals surface area contributed by atoms with Gasteiger partial charge in [-0.15, -0.1) is 5.10 Å². The maximum atomic E-state index is 12.3. The van der Waals surface area contributed by atoms with Crippen LogP contribution in [0.3, 0.4) is 0 Å². The number of halogens is 1. The van der Waals surface area contributed by atoms with E-state index >= 15 is 0 Å². The molecule has 0 unspecified atom stereocenters. The Bertz CT molecular complexity index is 824. The van der Waals surface area contributed by atoms with Gasteiger partial charge in [0, 0.05) is 23.4 Å². The Hall–Kier alpha value is -2.48. The van der Waals surface area contributed by atoms with E-state index in [4.69, 9.17) is 0 Å². The summed E-state index contributed by atoms with van der Waals surface area (Å²) in [6, 6.07) is 7.36. The van der Waals surface area contributed by atoms with Gasteiger partial charge in [0.2, 0.25) is 0 Å². The molecule has 8 heteroatoms. The molecule has 0 aliphatic rings. The number of carbonyl (C=O) groups excluding carboxylic acids is 1. The molecule has 0 atom stereocenters. The van der Waals surface area contributed by atoms with Crippen LogP contribution in [0.15, 0.2) is 41.3 Å². The van der Waals surface area contributed by atoms with E-state index in [1.54, 1.807) is 15.3 Å². The highest BCUT2D eigenvalue weighted by Gasteiger charge is 2.12. The van der Waals surface area contributed by atoms with E-state index in [9.17, 15) is 4.79 Å². The predicted octanol–water partition coefficient (Wildman–Crippen LogP) is 2.32. The van der Waals surface area contributed by atoms with E-state index in [1.807, 2.05) is 38.4 Å². The number of benzene rings is 1. The fourth-order valence-corrected chi connectivity index (χ4v) is 2.67. The lowest BCUT2D eigenvalue weighted by Gasteiger charge is -2.10. The Morgan fingerprint density at radius 2 is 2.14 bits per heavy atom. The van der Waals surface area contributed by atoms with Crippen LogP contribution in [0.1, 0.15) is 16.1 Å². The lowest BCUT2D eigenvalue weighted by Crippen LogP contribution is -2.15. The van der Waals surface area contributed by atoms with Crippen molar-refractivity contribution in [1.29, 1.82) is 0 Å². The van der Waals surface area contributed by atoms with Gasteiger partial charge in [0.15, 0.2) is 0 Å². The zero-order chi connectivity index (χ0) is 15.7. The van der Waals surface area contributed by atoms with Gasteiger partial charge in [-0.25, -0.2) is 4.68 Å². The first-order chi connectivity index (χ1) is 10.5. The highest BCUT2D eigenvalue weighted by atomic mass is 79.9. The zero-order valence-corrected chi connectivity index (χ0v) is 13.6. The summed E-state index contributed by atoms with van der Waals surface area (Å²) >= 11 is 3.36. The normalized spacial score (nSPS) is 10.7. The molecular formula is C14H13BrN6O. The number of tetrazole rings is 1. The first-order valence-electron chi connectivity index (χ1n) is 6.52. The number of hydrogen-bond donors (Lipinski definition) is 1. The quantitative estimate of drug-likeness (QED) is 0.777. The van der Waals surface area contributed by atoms with Crippen LogP contribution in [0.2, 0.25) is 0 Å². The molecule has 112 valence electrons. The molecule has 0 aliphatic heterocycles. The SMILES string of the molecule is Cc1ccc(NC(=O)c2cc(Br)cn2C)cc1-n1cnnn1. The predicted molar refractivity (Wildman–Crippen MR) is 85.0 cm³/mol. The van der Waals surface area contributed by atoms with Gasteiger partial charge in [-0.3, -0.25) is 4.79 Å². The summed E-state index contributed by atoms with van der Waals surface area (Å²) in [6.45, 7) is 1.96. The summed E-state index contributed by atoms with van der Waals surface area (Å²) in [7, 11) is 1.82. The molecule has 2 heterocycles. The fourth-order valence-electron chi connectivity index (χ4n) is 2.15. The Kier molecular flexibility index (Phi) is 3.76. The van der Waals surface area contributed by atoms with Crippen LogP contribution in [0.4, 0.5) is 5.69 Å². The molecule has 7 nitrogen and oxygen atoms in total. The lowest BCUT2D eigenvalue weighted by atomic mass is 10.2. The molecule has 0 bridgehead atoms. The third kappa shape index (κ3) is 2.77. The zero-order valence-electron chi connectivity index (χ0n) is 12.0. The van der Waals surface area contributed by atoms with E-state index in [-0.39, 0.29) is 5.91 Å². The molecule has 2 aromatic heterocycles. The number of hydrogen-bond acceptors (Lipinski definition) is 4. The maximum absolute atomic E-state index is 12.3. The molecule has 3 aromatic rings. The van der Waals surface area contributed by atoms with Crippen molar-refractivity contribution in [3.63, 3.8) is 0 Å². The second kappa shape index (κ2) is 5.72. The van der Waals surface area contributed by atoms with E-state index in [1.165, 1.54) is 6.33 Å². The molecule has 0 saturated heterocycles. The van der Waals surface area contributed by atoms with Crippen LogP contribution >= 0.6 is 15.9 Å². The van der Waals surface area contributed by atoms with E-state index in [2.05, 4.69) is 36.8 Å². The van der Waals surface area contributed by atoms with Gasteiger partial charge in [-0.1, -0.05) is 6.07 Å². The molecule has 3 rings (SSSR count). The minimum Gasteiger partial charge on any atom is -0.345 e. The average Bonchev–Trinajstić information content (AvgIpc) is 3.10. The van der Waals surface area contributed by atoms with Crippen LogP contribution in [-0.4, -0.2) is 30.7 Å². The minimum atomic E-state index is -0.181. The van der Waals surface area contributed by atoms with Gasteiger partial charge >= 0.3 is 0 Å². The van der Waals surface area contributed by atoms with Crippen molar-refractivity contribution in [3.05, 3.63) is 52.5 Å². The largest absolute Gasteiger partial charge is 0.345 e. The van der Waals surface area contributed by atoms with Crippen LogP contribution in [0, 0.1) is 6.92 Å². The van der Waals surface area contributed by atoms with Gasteiger partial charge < -0.3 is 9.88 Å². The van der Waals surface area contributed by atoms with Gasteiger partial charge in [0.25, 0.3) is 5.91 Å². The van der Waals surface area contributed by atoms with Gasteiger partial charge in [0.1, 0.15) is 12.0 Å². The molecule has 0 aliphatic carbocycles. The summed E-state index contributed by atoms with van der Waals surface area (Å²) in [5.74, 6) is -0.181. The lowest BCUT2D eigenvalue weighted by molar-refractivity contribution is 0.101. The summed E-state index contributed by atoms with van der Waals surface area (Å²) in [4.78, 5) is 12.3. The molecule has 1 amide bonds. The van der Waals surface area contributed by atoms with Crippen molar-refractivity contribution in [1.82, 2.24) is 24.8 Å². The standard InChI is InChI=1S/C14H13BrN6O/c1-9-3-4-11(6-12(9)21-8-16-18-19-21)17-14(22)13-5-10(15)7-20(13)2/h3-8H,1-2H3,(H,17,22). The van der Waals surface area contributed by atoms with Crippen molar-refractivity contribution in [2.45, 2.75) is 6.92 Å². The van der Waals surface area contributed by atoms with Crippen LogP contribution < -0.4 is 5.32 Å². The van der Waals surface area contributed by atoms with Crippen LogP contribution in [-0.2, 0) is 7.05 Å². The topological polar surface area (TPSA) is 77.6 Å². The van der Waals surface area contributed by atoms with E-state index < -0.39 is 0 Å². The average molecular weight is 361 g/mol. The van der Waals surface area contributed by atoms with Gasteiger partial charge in [0.05, 0.1) is 5.69 Å². The molecule has 1 N–H and O–H groups in total. The van der Waals surface area contributed by atoms with Gasteiger partial charge in [-0.05, 0) is 57.0 Å². The summed E-state index contributed by atoms with van der Waals surface area (Å²) in [5.41, 5.74) is 3.07. The van der Waals surface area contributed by atoms with Crippen molar-refractivity contribution in [3.8, 4) is 5.69 Å². The van der Waals surface area contributed by atoms with Gasteiger partial charge in [-0.2, -0.15) is 0 Å². The molecule has 22 heavy (non-hydrogen) atoms. The van der Waals surface area contributed by atoms with E-state index in [0.717, 1.165) is 15.7 Å². The number of aromatic nitrogens is 5. The summed E-state index contributed by atoms with van der Waals surface area (Å²) < 4.78 is 4.18. The van der Waals surface area contributed by atoms with Crippen molar-refractivity contribution >= 4 is 27.5 Å². The minimum absolute atomic E-state index is 0.181. The third-order valence-corrected chi connectivity index (χ3v) is 3.70. The number of nitrogens with one attached hydrogen (secondary N) is 1. The first-order valence-corrected chi connectivity index (χ1v) is 7.31. The Balaban J connectivity index is 1.88. The number of rotatable bonds is 3. The van der Waals surface area contributed by atoms with E-state index in [0.29, 0.717) is 11.4 Å². The molecule has 0 saturated carbocycles. The van der Waals surface area contributed by atoms with Crippen LogP contribution in [0.25, 0.3) is 5.69 Å². The highest BCUT2D eigenvalue weighted by molar-refractivity contribution is 9.10. The molecular weight excluding hydrogens is 348 g/mol. The Labute approximate surface area is 135 Å². The van der Waals surface area contributed by atoms with Crippen LogP contribution in [0.5, 0.6) is 0 Å². The monoisotopic (exact) mass is 360 g/mol. The Morgan fingerprint density at radius 3 is 2.77 bits per heavy atom. The van der Waals surface area contributed by atoms with Crippen molar-refractivity contribution in [2.24, 2.45) is 7.05 Å². The summed E-state index contributed by atoms with van der Waals surface area (Å²) in [6.07, 6.45) is 3.35. The summed E-state index contributed by atoms with van der Waals surface area (Å²) in [5, 5.41) is 14.0. The highest BCUT2D eigenvalue weighted by Crippen LogP contribution is 2.20. The third-order valence-electron chi connectivity index (χ3n) is 3.27. The second-order valence-electron chi connectivity index (χ2n) is 4.86. The van der Waals surface area contributed by atoms with Crippen molar-refractivity contribution < 1.29 is 4.79 Å². The number of carbonyl (C=O) groups is 1. The molecule has 0 fully saturated rings. The fraction of sp³-hybridized carbons (Fsp3) is 0.143. The number of nitrogens with zero attached hydrogens (tertiary/aromatic N) is 5. The maximum Gasteiger partial charge on any atom is 0.272 e. The Morgan fingerprint density at radius 1 is 1.32 bits per heavy atom. The van der Waals surface area contributed by atoms with Crippen molar-refractivity contribution in [2.75, 3.05) is 5.32 Å². The second-order valence-corrected chi connectivity index (χ2v) is 5.78. The smallest absolute Gasteiger partial charge is 0.272 e. The molecule has 0 radical (unpaired) electrons. The first kappa shape index (κ1) is 14.5. The number of amides is 1.